The largest absolute Gasteiger partial charge is 0.497 e. The molecule has 4 nitrogen and oxygen atoms in total. The third kappa shape index (κ3) is 4.04. The first-order valence-electron chi connectivity index (χ1n) is 6.11. The smallest absolute Gasteiger partial charge is 0.227 e. The molecule has 1 rings (SSSR count). The van der Waals surface area contributed by atoms with Gasteiger partial charge in [0.15, 0.2) is 0 Å². The van der Waals surface area contributed by atoms with Crippen LogP contribution >= 0.6 is 0 Å². The van der Waals surface area contributed by atoms with E-state index in [1.807, 2.05) is 38.1 Å². The van der Waals surface area contributed by atoms with E-state index in [1.165, 1.54) is 0 Å². The first-order valence-corrected chi connectivity index (χ1v) is 6.11. The SMILES string of the molecule is COc1ccc(CC(=O)N(CCO)C(C)C)cc1. The van der Waals surface area contributed by atoms with Crippen molar-refractivity contribution in [2.45, 2.75) is 26.3 Å². The Morgan fingerprint density at radius 3 is 2.39 bits per heavy atom. The Morgan fingerprint density at radius 2 is 1.94 bits per heavy atom. The van der Waals surface area contributed by atoms with E-state index in [0.717, 1.165) is 11.3 Å². The van der Waals surface area contributed by atoms with Crippen LogP contribution in [-0.4, -0.2) is 42.2 Å². The van der Waals surface area contributed by atoms with Crippen molar-refractivity contribution in [2.75, 3.05) is 20.3 Å². The number of ether oxygens (including phenoxy) is 1. The van der Waals surface area contributed by atoms with Crippen LogP contribution < -0.4 is 4.74 Å². The normalized spacial score (nSPS) is 10.5. The molecule has 0 bridgehead atoms. The number of aliphatic hydroxyl groups excluding tert-OH is 1. The third-order valence-electron chi connectivity index (χ3n) is 2.80. The van der Waals surface area contributed by atoms with Gasteiger partial charge in [0.25, 0.3) is 0 Å². The summed E-state index contributed by atoms with van der Waals surface area (Å²) in [5, 5.41) is 8.96. The summed E-state index contributed by atoms with van der Waals surface area (Å²) in [7, 11) is 1.61. The number of methoxy groups -OCH3 is 1. The van der Waals surface area contributed by atoms with E-state index in [1.54, 1.807) is 12.0 Å². The molecule has 0 saturated carbocycles. The fourth-order valence-corrected chi connectivity index (χ4v) is 1.80. The zero-order valence-corrected chi connectivity index (χ0v) is 11.2. The van der Waals surface area contributed by atoms with Crippen LogP contribution in [0, 0.1) is 0 Å². The predicted octanol–water partition coefficient (Wildman–Crippen LogP) is 1.47. The molecule has 0 aromatic heterocycles. The Morgan fingerprint density at radius 1 is 1.33 bits per heavy atom. The summed E-state index contributed by atoms with van der Waals surface area (Å²) in [5.74, 6) is 0.812. The molecule has 0 aliphatic heterocycles. The summed E-state index contributed by atoms with van der Waals surface area (Å²) >= 11 is 0. The standard InChI is InChI=1S/C14H21NO3/c1-11(2)15(8-9-16)14(17)10-12-4-6-13(18-3)7-5-12/h4-7,11,16H,8-10H2,1-3H3. The molecule has 0 atom stereocenters. The summed E-state index contributed by atoms with van der Waals surface area (Å²) < 4.78 is 5.07. The molecule has 0 aliphatic carbocycles. The molecule has 0 spiro atoms. The van der Waals surface area contributed by atoms with E-state index in [4.69, 9.17) is 9.84 Å². The summed E-state index contributed by atoms with van der Waals surface area (Å²) in [6.45, 7) is 4.27. The lowest BCUT2D eigenvalue weighted by Crippen LogP contribution is -2.39. The molecule has 100 valence electrons. The van der Waals surface area contributed by atoms with Gasteiger partial charge in [-0.1, -0.05) is 12.1 Å². The number of aliphatic hydroxyl groups is 1. The van der Waals surface area contributed by atoms with Crippen molar-refractivity contribution < 1.29 is 14.6 Å². The summed E-state index contributed by atoms with van der Waals surface area (Å²) in [4.78, 5) is 13.8. The van der Waals surface area contributed by atoms with Crippen LogP contribution in [0.5, 0.6) is 5.75 Å². The van der Waals surface area contributed by atoms with Gasteiger partial charge in [-0.05, 0) is 31.5 Å². The summed E-state index contributed by atoms with van der Waals surface area (Å²) in [6, 6.07) is 7.55. The van der Waals surface area contributed by atoms with E-state index in [0.29, 0.717) is 13.0 Å². The maximum absolute atomic E-state index is 12.1. The maximum Gasteiger partial charge on any atom is 0.227 e. The van der Waals surface area contributed by atoms with Gasteiger partial charge in [-0.3, -0.25) is 4.79 Å². The quantitative estimate of drug-likeness (QED) is 0.833. The Bertz CT molecular complexity index is 373. The second kappa shape index (κ2) is 7.01. The van der Waals surface area contributed by atoms with Crippen molar-refractivity contribution in [3.8, 4) is 5.75 Å². The number of carbonyl (C=O) groups excluding carboxylic acids is 1. The van der Waals surface area contributed by atoms with E-state index < -0.39 is 0 Å². The first-order chi connectivity index (χ1) is 8.58. The van der Waals surface area contributed by atoms with Gasteiger partial charge in [0.2, 0.25) is 5.91 Å². The highest BCUT2D eigenvalue weighted by atomic mass is 16.5. The van der Waals surface area contributed by atoms with Crippen molar-refractivity contribution in [1.82, 2.24) is 4.90 Å². The van der Waals surface area contributed by atoms with Crippen LogP contribution in [0.4, 0.5) is 0 Å². The van der Waals surface area contributed by atoms with E-state index in [2.05, 4.69) is 0 Å². The Kier molecular flexibility index (Phi) is 5.65. The molecular formula is C14H21NO3. The molecule has 18 heavy (non-hydrogen) atoms. The fraction of sp³-hybridized carbons (Fsp3) is 0.500. The number of rotatable bonds is 6. The minimum absolute atomic E-state index is 0.00741. The molecule has 1 N–H and O–H groups in total. The minimum atomic E-state index is -0.00741. The zero-order chi connectivity index (χ0) is 13.5. The molecular weight excluding hydrogens is 230 g/mol. The van der Waals surface area contributed by atoms with E-state index in [-0.39, 0.29) is 18.6 Å². The lowest BCUT2D eigenvalue weighted by Gasteiger charge is -2.26. The highest BCUT2D eigenvalue weighted by Gasteiger charge is 2.16. The number of hydrogen-bond acceptors (Lipinski definition) is 3. The van der Waals surface area contributed by atoms with Gasteiger partial charge in [0.1, 0.15) is 5.75 Å². The highest BCUT2D eigenvalue weighted by Crippen LogP contribution is 2.13. The average molecular weight is 251 g/mol. The van der Waals surface area contributed by atoms with Crippen LogP contribution in [-0.2, 0) is 11.2 Å². The number of nitrogens with zero attached hydrogens (tertiary/aromatic N) is 1. The summed E-state index contributed by atoms with van der Waals surface area (Å²) in [5.41, 5.74) is 0.949. The van der Waals surface area contributed by atoms with Gasteiger partial charge in [-0.2, -0.15) is 0 Å². The number of carbonyl (C=O) groups is 1. The molecule has 1 aromatic rings. The lowest BCUT2D eigenvalue weighted by molar-refractivity contribution is -0.132. The second-order valence-corrected chi connectivity index (χ2v) is 4.43. The van der Waals surface area contributed by atoms with Crippen molar-refractivity contribution in [2.24, 2.45) is 0 Å². The molecule has 1 aromatic carbocycles. The number of benzene rings is 1. The molecule has 4 heteroatoms. The topological polar surface area (TPSA) is 49.8 Å². The monoisotopic (exact) mass is 251 g/mol. The lowest BCUT2D eigenvalue weighted by atomic mass is 10.1. The molecule has 0 heterocycles. The van der Waals surface area contributed by atoms with Crippen LogP contribution in [0.2, 0.25) is 0 Å². The van der Waals surface area contributed by atoms with Gasteiger partial charge in [0, 0.05) is 12.6 Å². The zero-order valence-electron chi connectivity index (χ0n) is 11.2. The van der Waals surface area contributed by atoms with Crippen molar-refractivity contribution in [1.29, 1.82) is 0 Å². The minimum Gasteiger partial charge on any atom is -0.497 e. The second-order valence-electron chi connectivity index (χ2n) is 4.43. The number of amides is 1. The van der Waals surface area contributed by atoms with Crippen molar-refractivity contribution >= 4 is 5.91 Å². The first kappa shape index (κ1) is 14.5. The Labute approximate surface area is 108 Å². The molecule has 0 radical (unpaired) electrons. The van der Waals surface area contributed by atoms with Crippen LogP contribution in [0.15, 0.2) is 24.3 Å². The van der Waals surface area contributed by atoms with Gasteiger partial charge in [-0.15, -0.1) is 0 Å². The third-order valence-corrected chi connectivity index (χ3v) is 2.80. The molecule has 0 fully saturated rings. The van der Waals surface area contributed by atoms with Gasteiger partial charge in [0.05, 0.1) is 20.1 Å². The fourth-order valence-electron chi connectivity index (χ4n) is 1.80. The number of hydrogen-bond donors (Lipinski definition) is 1. The van der Waals surface area contributed by atoms with Crippen molar-refractivity contribution in [3.05, 3.63) is 29.8 Å². The molecule has 1 amide bonds. The van der Waals surface area contributed by atoms with Crippen LogP contribution in [0.3, 0.4) is 0 Å². The van der Waals surface area contributed by atoms with E-state index in [9.17, 15) is 4.79 Å². The Hall–Kier alpha value is -1.55. The Balaban J connectivity index is 2.66. The molecule has 0 aliphatic rings. The van der Waals surface area contributed by atoms with Gasteiger partial charge in [-0.25, -0.2) is 0 Å². The van der Waals surface area contributed by atoms with Crippen LogP contribution in [0.1, 0.15) is 19.4 Å². The molecule has 0 saturated heterocycles. The van der Waals surface area contributed by atoms with Crippen LogP contribution in [0.25, 0.3) is 0 Å². The maximum atomic E-state index is 12.1. The van der Waals surface area contributed by atoms with E-state index >= 15 is 0 Å². The highest BCUT2D eigenvalue weighted by molar-refractivity contribution is 5.79. The van der Waals surface area contributed by atoms with Gasteiger partial charge < -0.3 is 14.7 Å². The average Bonchev–Trinajstić information content (AvgIpc) is 2.36. The predicted molar refractivity (Wildman–Crippen MR) is 70.6 cm³/mol. The van der Waals surface area contributed by atoms with Crippen molar-refractivity contribution in [3.63, 3.8) is 0 Å². The summed E-state index contributed by atoms with van der Waals surface area (Å²) in [6.07, 6.45) is 0.349. The van der Waals surface area contributed by atoms with Gasteiger partial charge >= 0.3 is 0 Å². The molecule has 0 unspecified atom stereocenters.